The predicted molar refractivity (Wildman–Crippen MR) is 64.2 cm³/mol. The molecule has 1 heterocycles. The summed E-state index contributed by atoms with van der Waals surface area (Å²) in [5.74, 6) is 0. The standard InChI is InChI=1S/C10H3BrCl2N2/c11-7-1-6-9(2-8(7)12)15-4-5(3-14)10(6)13/h1-2,4H. The van der Waals surface area contributed by atoms with Gasteiger partial charge in [0.15, 0.2) is 0 Å². The molecule has 0 amide bonds. The Morgan fingerprint density at radius 3 is 2.73 bits per heavy atom. The molecule has 1 aromatic carbocycles. The smallest absolute Gasteiger partial charge is 0.102 e. The van der Waals surface area contributed by atoms with Crippen LogP contribution in [0.1, 0.15) is 5.56 Å². The highest BCUT2D eigenvalue weighted by atomic mass is 79.9. The molecule has 0 saturated carbocycles. The summed E-state index contributed by atoms with van der Waals surface area (Å²) in [7, 11) is 0. The zero-order valence-electron chi connectivity index (χ0n) is 7.26. The van der Waals surface area contributed by atoms with Crippen LogP contribution in [-0.4, -0.2) is 4.98 Å². The molecular weight excluding hydrogens is 299 g/mol. The van der Waals surface area contributed by atoms with Crippen molar-refractivity contribution in [3.63, 3.8) is 0 Å². The van der Waals surface area contributed by atoms with Crippen molar-refractivity contribution in [3.8, 4) is 6.07 Å². The molecule has 2 rings (SSSR count). The van der Waals surface area contributed by atoms with Crippen molar-refractivity contribution in [2.45, 2.75) is 0 Å². The molecule has 1 aromatic heterocycles. The number of fused-ring (bicyclic) bond motifs is 1. The van der Waals surface area contributed by atoms with E-state index in [-0.39, 0.29) is 0 Å². The largest absolute Gasteiger partial charge is 0.255 e. The molecule has 0 unspecified atom stereocenters. The molecule has 2 nitrogen and oxygen atoms in total. The minimum absolute atomic E-state index is 0.360. The summed E-state index contributed by atoms with van der Waals surface area (Å²) in [5.41, 5.74) is 1.03. The zero-order valence-corrected chi connectivity index (χ0v) is 10.4. The second-order valence-corrected chi connectivity index (χ2v) is 4.52. The first-order valence-corrected chi connectivity index (χ1v) is 5.51. The topological polar surface area (TPSA) is 36.7 Å². The van der Waals surface area contributed by atoms with E-state index in [1.165, 1.54) is 6.20 Å². The molecule has 0 saturated heterocycles. The third-order valence-corrected chi connectivity index (χ3v) is 3.57. The molecule has 0 atom stereocenters. The van der Waals surface area contributed by atoms with E-state index in [9.17, 15) is 0 Å². The molecule has 0 fully saturated rings. The van der Waals surface area contributed by atoms with Crippen molar-refractivity contribution in [1.29, 1.82) is 5.26 Å². The van der Waals surface area contributed by atoms with Crippen LogP contribution >= 0.6 is 39.1 Å². The highest BCUT2D eigenvalue weighted by Gasteiger charge is 2.08. The highest BCUT2D eigenvalue weighted by Crippen LogP contribution is 2.32. The van der Waals surface area contributed by atoms with E-state index < -0.39 is 0 Å². The second-order valence-electron chi connectivity index (χ2n) is 2.88. The van der Waals surface area contributed by atoms with E-state index >= 15 is 0 Å². The average molecular weight is 302 g/mol. The Morgan fingerprint density at radius 1 is 1.33 bits per heavy atom. The normalized spacial score (nSPS) is 10.3. The zero-order chi connectivity index (χ0) is 11.0. The van der Waals surface area contributed by atoms with Crippen molar-refractivity contribution in [3.05, 3.63) is 38.4 Å². The van der Waals surface area contributed by atoms with Gasteiger partial charge < -0.3 is 0 Å². The van der Waals surface area contributed by atoms with Crippen molar-refractivity contribution >= 4 is 50.0 Å². The summed E-state index contributed by atoms with van der Waals surface area (Å²) in [6, 6.07) is 5.44. The average Bonchev–Trinajstić information content (AvgIpc) is 2.22. The second kappa shape index (κ2) is 3.97. The van der Waals surface area contributed by atoms with Gasteiger partial charge in [-0.2, -0.15) is 5.26 Å². The Kier molecular flexibility index (Phi) is 2.83. The Balaban J connectivity index is 2.89. The number of benzene rings is 1. The van der Waals surface area contributed by atoms with Gasteiger partial charge in [-0.05, 0) is 28.1 Å². The molecule has 0 aliphatic rings. The van der Waals surface area contributed by atoms with E-state index in [1.807, 2.05) is 6.07 Å². The molecule has 0 radical (unpaired) electrons. The first kappa shape index (κ1) is 10.7. The number of nitriles is 1. The van der Waals surface area contributed by atoms with Crippen LogP contribution in [-0.2, 0) is 0 Å². The number of hydrogen-bond donors (Lipinski definition) is 0. The third kappa shape index (κ3) is 1.81. The van der Waals surface area contributed by atoms with Gasteiger partial charge in [0.1, 0.15) is 6.07 Å². The fourth-order valence-corrected chi connectivity index (χ4v) is 1.98. The third-order valence-electron chi connectivity index (χ3n) is 1.96. The van der Waals surface area contributed by atoms with Crippen LogP contribution in [0.2, 0.25) is 10.0 Å². The number of rotatable bonds is 0. The van der Waals surface area contributed by atoms with Crippen molar-refractivity contribution in [1.82, 2.24) is 4.98 Å². The molecule has 15 heavy (non-hydrogen) atoms. The lowest BCUT2D eigenvalue weighted by Crippen LogP contribution is -1.85. The molecule has 0 N–H and O–H groups in total. The molecule has 0 aliphatic heterocycles. The Bertz CT molecular complexity index is 590. The SMILES string of the molecule is N#Cc1cnc2cc(Cl)c(Br)cc2c1Cl. The predicted octanol–water partition coefficient (Wildman–Crippen LogP) is 4.18. The van der Waals surface area contributed by atoms with Crippen LogP contribution in [0.15, 0.2) is 22.8 Å². The van der Waals surface area contributed by atoms with Gasteiger partial charge in [-0.25, -0.2) is 0 Å². The number of nitrogens with zero attached hydrogens (tertiary/aromatic N) is 2. The maximum absolute atomic E-state index is 8.79. The van der Waals surface area contributed by atoms with E-state index in [2.05, 4.69) is 20.9 Å². The molecule has 0 aliphatic carbocycles. The minimum Gasteiger partial charge on any atom is -0.255 e. The Hall–Kier alpha value is -0.820. The van der Waals surface area contributed by atoms with Crippen LogP contribution in [0.3, 0.4) is 0 Å². The maximum Gasteiger partial charge on any atom is 0.102 e. The summed E-state index contributed by atoms with van der Waals surface area (Å²) >= 11 is 15.3. The van der Waals surface area contributed by atoms with Crippen LogP contribution in [0.5, 0.6) is 0 Å². The first-order valence-electron chi connectivity index (χ1n) is 3.97. The van der Waals surface area contributed by atoms with Crippen LogP contribution < -0.4 is 0 Å². The number of pyridine rings is 1. The Morgan fingerprint density at radius 2 is 2.07 bits per heavy atom. The maximum atomic E-state index is 8.79. The number of aromatic nitrogens is 1. The van der Waals surface area contributed by atoms with E-state index in [4.69, 9.17) is 28.5 Å². The van der Waals surface area contributed by atoms with Crippen LogP contribution in [0.25, 0.3) is 10.9 Å². The summed E-state index contributed by atoms with van der Waals surface area (Å²) in [4.78, 5) is 4.10. The van der Waals surface area contributed by atoms with Crippen LogP contribution in [0.4, 0.5) is 0 Å². The lowest BCUT2D eigenvalue weighted by Gasteiger charge is -2.03. The minimum atomic E-state index is 0.360. The van der Waals surface area contributed by atoms with Gasteiger partial charge in [0.2, 0.25) is 0 Å². The fraction of sp³-hybridized carbons (Fsp3) is 0. The Labute approximate surface area is 105 Å². The molecule has 74 valence electrons. The summed E-state index contributed by atoms with van der Waals surface area (Å²) in [6.07, 6.45) is 1.44. The van der Waals surface area contributed by atoms with E-state index in [0.717, 1.165) is 4.47 Å². The summed E-state index contributed by atoms with van der Waals surface area (Å²) < 4.78 is 0.732. The van der Waals surface area contributed by atoms with Crippen molar-refractivity contribution in [2.24, 2.45) is 0 Å². The lowest BCUT2D eigenvalue weighted by molar-refractivity contribution is 1.37. The van der Waals surface area contributed by atoms with Gasteiger partial charge in [0.25, 0.3) is 0 Å². The fourth-order valence-electron chi connectivity index (χ4n) is 1.23. The molecular formula is C10H3BrCl2N2. The van der Waals surface area contributed by atoms with Gasteiger partial charge in [0, 0.05) is 16.1 Å². The highest BCUT2D eigenvalue weighted by molar-refractivity contribution is 9.10. The van der Waals surface area contributed by atoms with Gasteiger partial charge >= 0.3 is 0 Å². The molecule has 2 aromatic rings. The van der Waals surface area contributed by atoms with E-state index in [0.29, 0.717) is 26.5 Å². The summed E-state index contributed by atoms with van der Waals surface area (Å²) in [6.45, 7) is 0. The summed E-state index contributed by atoms with van der Waals surface area (Å²) in [5, 5.41) is 10.5. The van der Waals surface area contributed by atoms with Crippen molar-refractivity contribution in [2.75, 3.05) is 0 Å². The van der Waals surface area contributed by atoms with Crippen molar-refractivity contribution < 1.29 is 0 Å². The van der Waals surface area contributed by atoms with Gasteiger partial charge in [0.05, 0.1) is 21.1 Å². The molecule has 5 heteroatoms. The monoisotopic (exact) mass is 300 g/mol. The number of halogens is 3. The van der Waals surface area contributed by atoms with E-state index in [1.54, 1.807) is 12.1 Å². The van der Waals surface area contributed by atoms with Gasteiger partial charge in [-0.15, -0.1) is 0 Å². The molecule has 0 bridgehead atoms. The quantitative estimate of drug-likeness (QED) is 0.732. The lowest BCUT2D eigenvalue weighted by atomic mass is 10.2. The molecule has 0 spiro atoms. The van der Waals surface area contributed by atoms with Gasteiger partial charge in [-0.1, -0.05) is 23.2 Å². The number of hydrogen-bond acceptors (Lipinski definition) is 2. The van der Waals surface area contributed by atoms with Gasteiger partial charge in [-0.3, -0.25) is 4.98 Å². The first-order chi connectivity index (χ1) is 7.13. The van der Waals surface area contributed by atoms with Crippen LogP contribution in [0, 0.1) is 11.3 Å².